The highest BCUT2D eigenvalue weighted by atomic mass is 16.2. The summed E-state index contributed by atoms with van der Waals surface area (Å²) < 4.78 is 0. The predicted octanol–water partition coefficient (Wildman–Crippen LogP) is 0.610. The fourth-order valence-electron chi connectivity index (χ4n) is 0. The first kappa shape index (κ1) is 15.8. The molecule has 0 saturated heterocycles. The van der Waals surface area contributed by atoms with Gasteiger partial charge in [0.05, 0.1) is 0 Å². The highest BCUT2D eigenvalue weighted by Crippen LogP contribution is 1.72. The van der Waals surface area contributed by atoms with Crippen molar-refractivity contribution in [1.82, 2.24) is 0 Å². The topological polar surface area (TPSA) is 75.6 Å². The van der Waals surface area contributed by atoms with E-state index in [1.165, 1.54) is 0 Å². The van der Waals surface area contributed by atoms with Gasteiger partial charge in [0.25, 0.3) is 0 Å². The minimum absolute atomic E-state index is 0. The SMILES string of the molecule is CCC(C)=N.CCO.O. The van der Waals surface area contributed by atoms with Crippen LogP contribution in [0.2, 0.25) is 0 Å². The Morgan fingerprint density at radius 1 is 1.44 bits per heavy atom. The smallest absolute Gasteiger partial charge is 0.0402 e. The van der Waals surface area contributed by atoms with Crippen molar-refractivity contribution >= 4 is 5.71 Å². The number of nitrogens with one attached hydrogen (secondary N) is 1. The molecule has 0 bridgehead atoms. The average molecular weight is 135 g/mol. The second kappa shape index (κ2) is 15.6. The van der Waals surface area contributed by atoms with E-state index in [2.05, 4.69) is 0 Å². The third kappa shape index (κ3) is 93.8. The van der Waals surface area contributed by atoms with Crippen molar-refractivity contribution in [3.63, 3.8) is 0 Å². The molecule has 0 aliphatic rings. The Hall–Kier alpha value is -0.410. The van der Waals surface area contributed by atoms with Crippen molar-refractivity contribution < 1.29 is 10.6 Å². The molecule has 0 aromatic heterocycles. The fourth-order valence-corrected chi connectivity index (χ4v) is 0. The fraction of sp³-hybridized carbons (Fsp3) is 0.833. The van der Waals surface area contributed by atoms with Crippen molar-refractivity contribution in [2.24, 2.45) is 0 Å². The molecule has 0 fully saturated rings. The van der Waals surface area contributed by atoms with Crippen molar-refractivity contribution in [3.05, 3.63) is 0 Å². The van der Waals surface area contributed by atoms with Crippen LogP contribution in [-0.2, 0) is 0 Å². The number of aliphatic hydroxyl groups excluding tert-OH is 1. The molecule has 9 heavy (non-hydrogen) atoms. The zero-order chi connectivity index (χ0) is 6.99. The van der Waals surface area contributed by atoms with Gasteiger partial charge in [-0.2, -0.15) is 0 Å². The van der Waals surface area contributed by atoms with Crippen molar-refractivity contribution in [1.29, 1.82) is 5.41 Å². The molecule has 0 aliphatic heterocycles. The van der Waals surface area contributed by atoms with Gasteiger partial charge in [-0.05, 0) is 20.3 Å². The van der Waals surface area contributed by atoms with Gasteiger partial charge in [-0.3, -0.25) is 0 Å². The second-order valence-corrected chi connectivity index (χ2v) is 1.45. The van der Waals surface area contributed by atoms with E-state index >= 15 is 0 Å². The van der Waals surface area contributed by atoms with Crippen molar-refractivity contribution in [2.45, 2.75) is 27.2 Å². The first-order valence-corrected chi connectivity index (χ1v) is 2.83. The molecular weight excluding hydrogens is 118 g/mol. The molecule has 4 N–H and O–H groups in total. The molecule has 0 amide bonds. The zero-order valence-corrected chi connectivity index (χ0v) is 6.36. The van der Waals surface area contributed by atoms with Gasteiger partial charge >= 0.3 is 0 Å². The maximum absolute atomic E-state index is 7.57. The quantitative estimate of drug-likeness (QED) is 0.508. The van der Waals surface area contributed by atoms with Crippen LogP contribution in [0, 0.1) is 5.41 Å². The molecule has 0 saturated carbocycles. The Kier molecular flexibility index (Phi) is 27.5. The van der Waals surface area contributed by atoms with Gasteiger partial charge in [0.1, 0.15) is 0 Å². The monoisotopic (exact) mass is 135 g/mol. The van der Waals surface area contributed by atoms with E-state index in [1.807, 2.05) is 6.92 Å². The maximum Gasteiger partial charge on any atom is 0.0402 e. The summed E-state index contributed by atoms with van der Waals surface area (Å²) in [7, 11) is 0. The molecule has 3 heteroatoms. The summed E-state index contributed by atoms with van der Waals surface area (Å²) in [5.74, 6) is 0. The zero-order valence-electron chi connectivity index (χ0n) is 6.36. The van der Waals surface area contributed by atoms with Gasteiger partial charge in [-0.25, -0.2) is 0 Å². The molecule has 0 atom stereocenters. The standard InChI is InChI=1S/C4H9N.C2H6O.H2O/c1-3-4(2)5;1-2-3;/h5H,3H2,1-2H3;3H,2H2,1H3;1H2. The maximum atomic E-state index is 7.57. The molecule has 0 unspecified atom stereocenters. The van der Waals surface area contributed by atoms with Crippen LogP contribution in [-0.4, -0.2) is 22.9 Å². The molecule has 0 rings (SSSR count). The lowest BCUT2D eigenvalue weighted by molar-refractivity contribution is 0.318. The lowest BCUT2D eigenvalue weighted by Crippen LogP contribution is -1.78. The Balaban J connectivity index is -0.0000000800. The Labute approximate surface area is 56.5 Å². The average Bonchev–Trinajstić information content (AvgIpc) is 1.69. The molecule has 3 nitrogen and oxygen atoms in total. The number of hydrogen-bond donors (Lipinski definition) is 2. The minimum atomic E-state index is 0. The molecule has 0 heterocycles. The summed E-state index contributed by atoms with van der Waals surface area (Å²) in [5.41, 5.74) is 0.755. The van der Waals surface area contributed by atoms with E-state index in [1.54, 1.807) is 13.8 Å². The third-order valence-electron chi connectivity index (χ3n) is 0.530. The number of hydrogen-bond acceptors (Lipinski definition) is 2. The van der Waals surface area contributed by atoms with Crippen molar-refractivity contribution in [3.8, 4) is 0 Å². The van der Waals surface area contributed by atoms with Crippen LogP contribution in [0.15, 0.2) is 0 Å². The number of rotatable bonds is 1. The van der Waals surface area contributed by atoms with E-state index in [9.17, 15) is 0 Å². The van der Waals surface area contributed by atoms with Crippen LogP contribution in [0.5, 0.6) is 0 Å². The van der Waals surface area contributed by atoms with Gasteiger partial charge in [0, 0.05) is 12.3 Å². The molecule has 0 aromatic carbocycles. The Morgan fingerprint density at radius 3 is 1.56 bits per heavy atom. The van der Waals surface area contributed by atoms with Gasteiger partial charge in [0.15, 0.2) is 0 Å². The summed E-state index contributed by atoms with van der Waals surface area (Å²) >= 11 is 0. The lowest BCUT2D eigenvalue weighted by atomic mass is 10.3. The summed E-state index contributed by atoms with van der Waals surface area (Å²) in [6.07, 6.45) is 0.889. The van der Waals surface area contributed by atoms with E-state index in [0.717, 1.165) is 12.1 Å². The van der Waals surface area contributed by atoms with Gasteiger partial charge in [-0.15, -0.1) is 0 Å². The lowest BCUT2D eigenvalue weighted by Gasteiger charge is -1.77. The van der Waals surface area contributed by atoms with E-state index < -0.39 is 0 Å². The summed E-state index contributed by atoms with van der Waals surface area (Å²) in [6.45, 7) is 5.71. The Bertz CT molecular complexity index is 55.0. The Morgan fingerprint density at radius 2 is 1.56 bits per heavy atom. The van der Waals surface area contributed by atoms with E-state index in [0.29, 0.717) is 0 Å². The third-order valence-corrected chi connectivity index (χ3v) is 0.530. The van der Waals surface area contributed by atoms with Crippen LogP contribution >= 0.6 is 0 Å². The first-order valence-electron chi connectivity index (χ1n) is 2.83. The molecular formula is C6H17NO2. The predicted molar refractivity (Wildman–Crippen MR) is 40.1 cm³/mol. The summed E-state index contributed by atoms with van der Waals surface area (Å²) in [4.78, 5) is 0. The van der Waals surface area contributed by atoms with Crippen molar-refractivity contribution in [2.75, 3.05) is 6.61 Å². The van der Waals surface area contributed by atoms with E-state index in [-0.39, 0.29) is 12.1 Å². The van der Waals surface area contributed by atoms with Crippen LogP contribution in [0.3, 0.4) is 0 Å². The summed E-state index contributed by atoms with van der Waals surface area (Å²) in [5, 5.41) is 14.3. The molecule has 0 aliphatic carbocycles. The molecule has 0 radical (unpaired) electrons. The van der Waals surface area contributed by atoms with Crippen LogP contribution < -0.4 is 0 Å². The highest BCUT2D eigenvalue weighted by molar-refractivity contribution is 5.77. The minimum Gasteiger partial charge on any atom is -0.412 e. The largest absolute Gasteiger partial charge is 0.412 e. The molecule has 0 spiro atoms. The van der Waals surface area contributed by atoms with Crippen LogP contribution in [0.4, 0.5) is 0 Å². The normalized spacial score (nSPS) is 6.22. The van der Waals surface area contributed by atoms with Gasteiger partial charge in [-0.1, -0.05) is 6.92 Å². The molecule has 0 aromatic rings. The first-order chi connectivity index (χ1) is 3.68. The highest BCUT2D eigenvalue weighted by Gasteiger charge is 1.70. The number of aliphatic hydroxyl groups is 1. The molecule has 58 valence electrons. The van der Waals surface area contributed by atoms with Gasteiger partial charge < -0.3 is 16.0 Å². The van der Waals surface area contributed by atoms with Crippen LogP contribution in [0.1, 0.15) is 27.2 Å². The summed E-state index contributed by atoms with van der Waals surface area (Å²) in [6, 6.07) is 0. The second-order valence-electron chi connectivity index (χ2n) is 1.45. The van der Waals surface area contributed by atoms with E-state index in [4.69, 9.17) is 10.5 Å². The van der Waals surface area contributed by atoms with Crippen LogP contribution in [0.25, 0.3) is 0 Å². The van der Waals surface area contributed by atoms with Gasteiger partial charge in [0.2, 0.25) is 0 Å².